The smallest absolute Gasteiger partial charge is 0.127 e. The van der Waals surface area contributed by atoms with Gasteiger partial charge in [0.25, 0.3) is 0 Å². The summed E-state index contributed by atoms with van der Waals surface area (Å²) in [5.74, 6) is 1.62. The van der Waals surface area contributed by atoms with Crippen molar-refractivity contribution in [3.05, 3.63) is 23.8 Å². The highest BCUT2D eigenvalue weighted by molar-refractivity contribution is 5.42. The zero-order valence-corrected chi connectivity index (χ0v) is 12.4. The van der Waals surface area contributed by atoms with Crippen molar-refractivity contribution in [2.75, 3.05) is 20.3 Å². The van der Waals surface area contributed by atoms with E-state index in [-0.39, 0.29) is 6.04 Å². The molecule has 20 heavy (non-hydrogen) atoms. The van der Waals surface area contributed by atoms with Crippen LogP contribution in [0.5, 0.6) is 11.5 Å². The average molecular weight is 279 g/mol. The monoisotopic (exact) mass is 279 g/mol. The Hall–Kier alpha value is -1.26. The maximum absolute atomic E-state index is 5.97. The number of hydrogen-bond donors (Lipinski definition) is 1. The van der Waals surface area contributed by atoms with E-state index in [0.717, 1.165) is 36.5 Å². The molecule has 1 fully saturated rings. The Labute approximate surface area is 121 Å². The lowest BCUT2D eigenvalue weighted by Gasteiger charge is -2.16. The van der Waals surface area contributed by atoms with Gasteiger partial charge in [-0.3, -0.25) is 0 Å². The summed E-state index contributed by atoms with van der Waals surface area (Å²) in [5.41, 5.74) is 6.99. The third-order valence-corrected chi connectivity index (χ3v) is 3.66. The molecule has 0 saturated carbocycles. The number of rotatable bonds is 7. The third-order valence-electron chi connectivity index (χ3n) is 3.66. The van der Waals surface area contributed by atoms with Gasteiger partial charge >= 0.3 is 0 Å². The van der Waals surface area contributed by atoms with Crippen molar-refractivity contribution in [1.82, 2.24) is 0 Å². The molecule has 0 aliphatic carbocycles. The lowest BCUT2D eigenvalue weighted by Crippen LogP contribution is -2.11. The fraction of sp³-hybridized carbons (Fsp3) is 0.625. The molecule has 0 amide bonds. The van der Waals surface area contributed by atoms with E-state index in [1.165, 1.54) is 12.8 Å². The lowest BCUT2D eigenvalue weighted by atomic mass is 10.1. The summed E-state index contributed by atoms with van der Waals surface area (Å²) in [6.45, 7) is 3.56. The van der Waals surface area contributed by atoms with Crippen molar-refractivity contribution in [3.8, 4) is 11.5 Å². The minimum atomic E-state index is -0.0472. The van der Waals surface area contributed by atoms with Gasteiger partial charge in [-0.25, -0.2) is 0 Å². The first-order chi connectivity index (χ1) is 9.70. The molecule has 0 bridgehead atoms. The van der Waals surface area contributed by atoms with E-state index in [9.17, 15) is 0 Å². The summed E-state index contributed by atoms with van der Waals surface area (Å²) in [4.78, 5) is 0. The minimum absolute atomic E-state index is 0.0472. The number of ether oxygens (including phenoxy) is 3. The van der Waals surface area contributed by atoms with Gasteiger partial charge in [0.1, 0.15) is 11.5 Å². The highest BCUT2D eigenvalue weighted by Gasteiger charge is 2.15. The van der Waals surface area contributed by atoms with Crippen LogP contribution in [-0.4, -0.2) is 26.4 Å². The Morgan fingerprint density at radius 3 is 2.95 bits per heavy atom. The molecule has 1 saturated heterocycles. The summed E-state index contributed by atoms with van der Waals surface area (Å²) in [7, 11) is 1.65. The molecule has 1 aliphatic rings. The Morgan fingerprint density at radius 1 is 1.45 bits per heavy atom. The van der Waals surface area contributed by atoms with E-state index < -0.39 is 0 Å². The first-order valence-corrected chi connectivity index (χ1v) is 7.38. The summed E-state index contributed by atoms with van der Waals surface area (Å²) in [6.07, 6.45) is 4.87. The Morgan fingerprint density at radius 2 is 2.30 bits per heavy atom. The van der Waals surface area contributed by atoms with Crippen molar-refractivity contribution in [1.29, 1.82) is 0 Å². The molecule has 112 valence electrons. The standard InChI is InChI=1S/C16H25NO3/c1-12(17)15-8-7-14(18-2)11-16(15)20-10-4-6-13-5-3-9-19-13/h7-8,11-13H,3-6,9-10,17H2,1-2H3/t12-,13?/m0/s1. The number of hydrogen-bond acceptors (Lipinski definition) is 4. The number of benzene rings is 1. The van der Waals surface area contributed by atoms with Gasteiger partial charge in [0, 0.05) is 24.3 Å². The molecular weight excluding hydrogens is 254 g/mol. The molecule has 1 aliphatic heterocycles. The predicted molar refractivity (Wildman–Crippen MR) is 79.3 cm³/mol. The summed E-state index contributed by atoms with van der Waals surface area (Å²) in [6, 6.07) is 5.75. The molecule has 1 aromatic rings. The van der Waals surface area contributed by atoms with Crippen LogP contribution in [0.2, 0.25) is 0 Å². The van der Waals surface area contributed by atoms with E-state index in [1.807, 2.05) is 25.1 Å². The first-order valence-electron chi connectivity index (χ1n) is 7.38. The van der Waals surface area contributed by atoms with Crippen LogP contribution in [-0.2, 0) is 4.74 Å². The SMILES string of the molecule is COc1ccc([C@H](C)N)c(OCCCC2CCCO2)c1. The van der Waals surface area contributed by atoms with Gasteiger partial charge in [0.2, 0.25) is 0 Å². The highest BCUT2D eigenvalue weighted by atomic mass is 16.5. The minimum Gasteiger partial charge on any atom is -0.497 e. The fourth-order valence-electron chi connectivity index (χ4n) is 2.51. The normalized spacial score (nSPS) is 19.9. The maximum atomic E-state index is 5.97. The zero-order valence-electron chi connectivity index (χ0n) is 12.4. The van der Waals surface area contributed by atoms with Gasteiger partial charge in [-0.1, -0.05) is 6.07 Å². The number of methoxy groups -OCH3 is 1. The van der Waals surface area contributed by atoms with E-state index in [0.29, 0.717) is 12.7 Å². The second-order valence-electron chi connectivity index (χ2n) is 5.32. The maximum Gasteiger partial charge on any atom is 0.127 e. The van der Waals surface area contributed by atoms with E-state index in [2.05, 4.69) is 0 Å². The van der Waals surface area contributed by atoms with Crippen LogP contribution in [0, 0.1) is 0 Å². The molecule has 0 aromatic heterocycles. The molecule has 2 atom stereocenters. The molecule has 1 heterocycles. The topological polar surface area (TPSA) is 53.7 Å². The molecule has 4 heteroatoms. The van der Waals surface area contributed by atoms with Crippen LogP contribution in [0.25, 0.3) is 0 Å². The lowest BCUT2D eigenvalue weighted by molar-refractivity contribution is 0.0980. The van der Waals surface area contributed by atoms with Gasteiger partial charge in [-0.05, 0) is 38.7 Å². The molecule has 2 rings (SSSR count). The Bertz CT molecular complexity index is 414. The van der Waals surface area contributed by atoms with Gasteiger partial charge in [0.15, 0.2) is 0 Å². The van der Waals surface area contributed by atoms with Gasteiger partial charge in [-0.2, -0.15) is 0 Å². The van der Waals surface area contributed by atoms with E-state index >= 15 is 0 Å². The molecule has 0 radical (unpaired) electrons. The van der Waals surface area contributed by atoms with E-state index in [4.69, 9.17) is 19.9 Å². The van der Waals surface area contributed by atoms with Crippen LogP contribution >= 0.6 is 0 Å². The van der Waals surface area contributed by atoms with Gasteiger partial charge in [0.05, 0.1) is 19.8 Å². The molecule has 4 nitrogen and oxygen atoms in total. The molecule has 0 spiro atoms. The quantitative estimate of drug-likeness (QED) is 0.779. The largest absolute Gasteiger partial charge is 0.497 e. The second-order valence-corrected chi connectivity index (χ2v) is 5.32. The van der Waals surface area contributed by atoms with Crippen LogP contribution < -0.4 is 15.2 Å². The van der Waals surface area contributed by atoms with Crippen molar-refractivity contribution in [3.63, 3.8) is 0 Å². The highest BCUT2D eigenvalue weighted by Crippen LogP contribution is 2.29. The van der Waals surface area contributed by atoms with Crippen molar-refractivity contribution in [2.24, 2.45) is 5.73 Å². The summed E-state index contributed by atoms with van der Waals surface area (Å²) >= 11 is 0. The predicted octanol–water partition coefficient (Wildman–Crippen LogP) is 3.05. The van der Waals surface area contributed by atoms with Crippen molar-refractivity contribution >= 4 is 0 Å². The Kier molecular flexibility index (Phi) is 5.68. The van der Waals surface area contributed by atoms with E-state index in [1.54, 1.807) is 7.11 Å². The number of nitrogens with two attached hydrogens (primary N) is 1. The molecule has 1 aromatic carbocycles. The second kappa shape index (κ2) is 7.50. The van der Waals surface area contributed by atoms with Crippen LogP contribution in [0.3, 0.4) is 0 Å². The first kappa shape index (κ1) is 15.1. The molecule has 1 unspecified atom stereocenters. The summed E-state index contributed by atoms with van der Waals surface area (Å²) in [5, 5.41) is 0. The van der Waals surface area contributed by atoms with Crippen LogP contribution in [0.15, 0.2) is 18.2 Å². The van der Waals surface area contributed by atoms with Crippen molar-refractivity contribution < 1.29 is 14.2 Å². The van der Waals surface area contributed by atoms with Crippen molar-refractivity contribution in [2.45, 2.75) is 44.8 Å². The average Bonchev–Trinajstić information content (AvgIpc) is 2.96. The van der Waals surface area contributed by atoms with Crippen LogP contribution in [0.1, 0.15) is 44.2 Å². The molecular formula is C16H25NO3. The third kappa shape index (κ3) is 4.12. The Balaban J connectivity index is 1.86. The zero-order chi connectivity index (χ0) is 14.4. The molecule has 2 N–H and O–H groups in total. The summed E-state index contributed by atoms with van der Waals surface area (Å²) < 4.78 is 16.7. The fourth-order valence-corrected chi connectivity index (χ4v) is 2.51. The van der Waals surface area contributed by atoms with Crippen LogP contribution in [0.4, 0.5) is 0 Å². The van der Waals surface area contributed by atoms with Gasteiger partial charge < -0.3 is 19.9 Å². The van der Waals surface area contributed by atoms with Gasteiger partial charge in [-0.15, -0.1) is 0 Å².